The minimum atomic E-state index is -0.969. The van der Waals surface area contributed by atoms with Gasteiger partial charge in [0.05, 0.1) is 5.56 Å². The molecule has 0 fully saturated rings. The summed E-state index contributed by atoms with van der Waals surface area (Å²) >= 11 is 0. The van der Waals surface area contributed by atoms with Gasteiger partial charge in [-0.25, -0.2) is 4.79 Å². The molecule has 2 aromatic rings. The van der Waals surface area contributed by atoms with Crippen LogP contribution in [0.5, 0.6) is 0 Å². The highest BCUT2D eigenvalue weighted by molar-refractivity contribution is 5.97. The van der Waals surface area contributed by atoms with Gasteiger partial charge in [-0.3, -0.25) is 14.6 Å². The number of benzene rings is 1. The molecule has 0 bridgehead atoms. The lowest BCUT2D eigenvalue weighted by molar-refractivity contribution is -0.123. The summed E-state index contributed by atoms with van der Waals surface area (Å²) in [5, 5.41) is 5.27. The fourth-order valence-electron chi connectivity index (χ4n) is 1.95. The van der Waals surface area contributed by atoms with Crippen LogP contribution in [0.3, 0.4) is 0 Å². The Morgan fingerprint density at radius 2 is 1.60 bits per heavy atom. The SMILES string of the molecule is CC(=O)Nc1ccc(NC(=O)C(C)OC(=O)c2ccc(C)nc2)cc1. The van der Waals surface area contributed by atoms with Crippen LogP contribution >= 0.6 is 0 Å². The van der Waals surface area contributed by atoms with Crippen LogP contribution in [-0.4, -0.2) is 28.9 Å². The van der Waals surface area contributed by atoms with Crippen LogP contribution in [-0.2, 0) is 14.3 Å². The molecule has 0 saturated heterocycles. The molecular weight excluding hydrogens is 322 g/mol. The van der Waals surface area contributed by atoms with E-state index in [1.165, 1.54) is 20.0 Å². The summed E-state index contributed by atoms with van der Waals surface area (Å²) in [6.07, 6.45) is 0.437. The maximum atomic E-state index is 12.1. The summed E-state index contributed by atoms with van der Waals surface area (Å²) in [7, 11) is 0. The summed E-state index contributed by atoms with van der Waals surface area (Å²) in [5.41, 5.74) is 2.21. The van der Waals surface area contributed by atoms with E-state index in [4.69, 9.17) is 4.74 Å². The smallest absolute Gasteiger partial charge is 0.340 e. The Bertz CT molecular complexity index is 770. The first-order chi connectivity index (χ1) is 11.8. The number of anilines is 2. The van der Waals surface area contributed by atoms with E-state index >= 15 is 0 Å². The quantitative estimate of drug-likeness (QED) is 0.815. The first-order valence-electron chi connectivity index (χ1n) is 7.67. The van der Waals surface area contributed by atoms with Gasteiger partial charge in [-0.15, -0.1) is 0 Å². The third kappa shape index (κ3) is 5.42. The van der Waals surface area contributed by atoms with Gasteiger partial charge in [0.2, 0.25) is 5.91 Å². The van der Waals surface area contributed by atoms with E-state index in [1.807, 2.05) is 6.92 Å². The van der Waals surface area contributed by atoms with E-state index in [2.05, 4.69) is 15.6 Å². The van der Waals surface area contributed by atoms with E-state index in [-0.39, 0.29) is 11.5 Å². The molecule has 0 aliphatic carbocycles. The molecule has 0 radical (unpaired) electrons. The molecule has 1 atom stereocenters. The van der Waals surface area contributed by atoms with Crippen molar-refractivity contribution < 1.29 is 19.1 Å². The highest BCUT2D eigenvalue weighted by atomic mass is 16.5. The van der Waals surface area contributed by atoms with Crippen molar-refractivity contribution in [1.82, 2.24) is 4.98 Å². The van der Waals surface area contributed by atoms with Crippen molar-refractivity contribution in [2.45, 2.75) is 26.9 Å². The number of aryl methyl sites for hydroxylation is 1. The standard InChI is InChI=1S/C18H19N3O4/c1-11-4-5-14(10-19-11)18(24)25-12(2)17(23)21-16-8-6-15(7-9-16)20-13(3)22/h4-10,12H,1-3H3,(H,20,22)(H,21,23). The lowest BCUT2D eigenvalue weighted by atomic mass is 10.2. The molecule has 2 amide bonds. The Kier molecular flexibility index (Phi) is 5.84. The molecule has 2 N–H and O–H groups in total. The van der Waals surface area contributed by atoms with Gasteiger partial charge in [-0.05, 0) is 50.2 Å². The molecule has 1 aromatic heterocycles. The number of hydrogen-bond acceptors (Lipinski definition) is 5. The molecule has 0 aliphatic rings. The van der Waals surface area contributed by atoms with Gasteiger partial charge in [-0.2, -0.15) is 0 Å². The molecule has 130 valence electrons. The van der Waals surface area contributed by atoms with Crippen LogP contribution in [0.15, 0.2) is 42.6 Å². The van der Waals surface area contributed by atoms with E-state index in [9.17, 15) is 14.4 Å². The third-order valence-electron chi connectivity index (χ3n) is 3.27. The number of aromatic nitrogens is 1. The zero-order valence-corrected chi connectivity index (χ0v) is 14.2. The number of hydrogen-bond donors (Lipinski definition) is 2. The number of carbonyl (C=O) groups excluding carboxylic acids is 3. The Morgan fingerprint density at radius 1 is 1.00 bits per heavy atom. The lowest BCUT2D eigenvalue weighted by Gasteiger charge is -2.14. The van der Waals surface area contributed by atoms with Gasteiger partial charge in [0.15, 0.2) is 6.10 Å². The number of pyridine rings is 1. The van der Waals surface area contributed by atoms with Crippen LogP contribution in [0.25, 0.3) is 0 Å². The molecule has 1 aromatic carbocycles. The summed E-state index contributed by atoms with van der Waals surface area (Å²) < 4.78 is 5.14. The van der Waals surface area contributed by atoms with Gasteiger partial charge in [0.1, 0.15) is 0 Å². The molecule has 0 aliphatic heterocycles. The van der Waals surface area contributed by atoms with Crippen molar-refractivity contribution in [1.29, 1.82) is 0 Å². The molecule has 1 heterocycles. The third-order valence-corrected chi connectivity index (χ3v) is 3.27. The molecule has 7 heteroatoms. The number of amides is 2. The zero-order chi connectivity index (χ0) is 18.4. The van der Waals surface area contributed by atoms with Crippen molar-refractivity contribution in [3.05, 3.63) is 53.9 Å². The summed E-state index contributed by atoms with van der Waals surface area (Å²) in [4.78, 5) is 39.1. The highest BCUT2D eigenvalue weighted by Crippen LogP contribution is 2.14. The first-order valence-corrected chi connectivity index (χ1v) is 7.67. The molecule has 1 unspecified atom stereocenters. The summed E-state index contributed by atoms with van der Waals surface area (Å²) in [6, 6.07) is 9.88. The minimum Gasteiger partial charge on any atom is -0.449 e. The van der Waals surface area contributed by atoms with Crippen LogP contribution in [0.1, 0.15) is 29.9 Å². The van der Waals surface area contributed by atoms with Crippen molar-refractivity contribution in [2.75, 3.05) is 10.6 Å². The predicted octanol–water partition coefficient (Wildman–Crippen LogP) is 2.53. The van der Waals surface area contributed by atoms with Crippen molar-refractivity contribution in [3.63, 3.8) is 0 Å². The van der Waals surface area contributed by atoms with Gasteiger partial charge < -0.3 is 15.4 Å². The largest absolute Gasteiger partial charge is 0.449 e. The van der Waals surface area contributed by atoms with Crippen LogP contribution in [0, 0.1) is 6.92 Å². The molecular formula is C18H19N3O4. The molecule has 0 saturated carbocycles. The van der Waals surface area contributed by atoms with Crippen LogP contribution < -0.4 is 10.6 Å². The number of esters is 1. The second-order valence-corrected chi connectivity index (χ2v) is 5.48. The van der Waals surface area contributed by atoms with Gasteiger partial charge >= 0.3 is 5.97 Å². The van der Waals surface area contributed by atoms with Crippen molar-refractivity contribution in [3.8, 4) is 0 Å². The van der Waals surface area contributed by atoms with Gasteiger partial charge in [-0.1, -0.05) is 0 Å². The predicted molar refractivity (Wildman–Crippen MR) is 93.2 cm³/mol. The average molecular weight is 341 g/mol. The van der Waals surface area contributed by atoms with E-state index in [1.54, 1.807) is 36.4 Å². The van der Waals surface area contributed by atoms with Crippen LogP contribution in [0.2, 0.25) is 0 Å². The number of rotatable bonds is 5. The maximum Gasteiger partial charge on any atom is 0.340 e. The monoisotopic (exact) mass is 341 g/mol. The average Bonchev–Trinajstić information content (AvgIpc) is 2.56. The topological polar surface area (TPSA) is 97.4 Å². The van der Waals surface area contributed by atoms with E-state index < -0.39 is 18.0 Å². The zero-order valence-electron chi connectivity index (χ0n) is 14.2. The Labute approximate surface area is 145 Å². The molecule has 7 nitrogen and oxygen atoms in total. The second-order valence-electron chi connectivity index (χ2n) is 5.48. The highest BCUT2D eigenvalue weighted by Gasteiger charge is 2.19. The fraction of sp³-hybridized carbons (Fsp3) is 0.222. The van der Waals surface area contributed by atoms with Crippen LogP contribution in [0.4, 0.5) is 11.4 Å². The Morgan fingerprint density at radius 3 is 2.12 bits per heavy atom. The number of nitrogens with zero attached hydrogens (tertiary/aromatic N) is 1. The first kappa shape index (κ1) is 18.1. The lowest BCUT2D eigenvalue weighted by Crippen LogP contribution is -2.30. The minimum absolute atomic E-state index is 0.178. The summed E-state index contributed by atoms with van der Waals surface area (Å²) in [6.45, 7) is 4.71. The normalized spacial score (nSPS) is 11.3. The summed E-state index contributed by atoms with van der Waals surface area (Å²) in [5.74, 6) is -1.25. The van der Waals surface area contributed by atoms with Gasteiger partial charge in [0, 0.05) is 30.2 Å². The molecule has 2 rings (SSSR count). The Hall–Kier alpha value is -3.22. The van der Waals surface area contributed by atoms with Crippen molar-refractivity contribution >= 4 is 29.2 Å². The van der Waals surface area contributed by atoms with E-state index in [0.29, 0.717) is 11.4 Å². The van der Waals surface area contributed by atoms with Crippen molar-refractivity contribution in [2.24, 2.45) is 0 Å². The van der Waals surface area contributed by atoms with Gasteiger partial charge in [0.25, 0.3) is 5.91 Å². The number of nitrogens with one attached hydrogen (secondary N) is 2. The number of carbonyl (C=O) groups is 3. The van der Waals surface area contributed by atoms with E-state index in [0.717, 1.165) is 5.69 Å². The number of ether oxygens (including phenoxy) is 1. The maximum absolute atomic E-state index is 12.1. The molecule has 0 spiro atoms. The second kappa shape index (κ2) is 8.05. The molecule has 25 heavy (non-hydrogen) atoms. The Balaban J connectivity index is 1.92. The fourth-order valence-corrected chi connectivity index (χ4v) is 1.95.